The van der Waals surface area contributed by atoms with Gasteiger partial charge in [-0.1, -0.05) is 30.3 Å². The van der Waals surface area contributed by atoms with Gasteiger partial charge in [0.1, 0.15) is 5.75 Å². The summed E-state index contributed by atoms with van der Waals surface area (Å²) in [5, 5.41) is 13.4. The largest absolute Gasteiger partial charge is 0.545 e. The molecule has 0 unspecified atom stereocenters. The van der Waals surface area contributed by atoms with E-state index in [-0.39, 0.29) is 17.9 Å². The number of carbonyl (C=O) groups is 2. The number of ether oxygens (including phenoxy) is 1. The van der Waals surface area contributed by atoms with Gasteiger partial charge in [-0.2, -0.15) is 0 Å². The van der Waals surface area contributed by atoms with Gasteiger partial charge >= 0.3 is 0 Å². The quantitative estimate of drug-likeness (QED) is 0.899. The molecule has 108 valence electrons. The Morgan fingerprint density at radius 3 is 2.62 bits per heavy atom. The molecule has 0 aliphatic rings. The Morgan fingerprint density at radius 2 is 1.90 bits per heavy atom. The van der Waals surface area contributed by atoms with E-state index in [1.807, 2.05) is 25.1 Å². The minimum Gasteiger partial charge on any atom is -0.545 e. The molecular formula is C16H14NO4-. The predicted molar refractivity (Wildman–Crippen MR) is 76.1 cm³/mol. The average molecular weight is 284 g/mol. The normalized spacial score (nSPS) is 9.95. The van der Waals surface area contributed by atoms with Gasteiger partial charge in [-0.3, -0.25) is 4.79 Å². The van der Waals surface area contributed by atoms with Crippen molar-refractivity contribution in [1.82, 2.24) is 0 Å². The number of para-hydroxylation sites is 1. The third kappa shape index (κ3) is 4.07. The topological polar surface area (TPSA) is 78.5 Å². The van der Waals surface area contributed by atoms with Crippen LogP contribution in [0.4, 0.5) is 5.69 Å². The molecule has 1 N–H and O–H groups in total. The van der Waals surface area contributed by atoms with Crippen LogP contribution in [0.1, 0.15) is 15.9 Å². The number of aryl methyl sites for hydroxylation is 1. The standard InChI is InChI=1S/C16H15NO4/c1-11-5-4-6-12(9-11)21-10-15(18)17-14-8-3-2-7-13(14)16(19)20/h2-9H,10H2,1H3,(H,17,18)(H,19,20)/p-1. The second kappa shape index (κ2) is 6.56. The first kappa shape index (κ1) is 14.6. The van der Waals surface area contributed by atoms with Gasteiger partial charge in [0.2, 0.25) is 0 Å². The molecule has 21 heavy (non-hydrogen) atoms. The number of hydrogen-bond acceptors (Lipinski definition) is 4. The van der Waals surface area contributed by atoms with Crippen molar-refractivity contribution >= 4 is 17.6 Å². The molecule has 2 aromatic carbocycles. The molecule has 0 radical (unpaired) electrons. The van der Waals surface area contributed by atoms with E-state index >= 15 is 0 Å². The van der Waals surface area contributed by atoms with Crippen molar-refractivity contribution in [2.45, 2.75) is 6.92 Å². The first-order valence-corrected chi connectivity index (χ1v) is 6.36. The fraction of sp³-hybridized carbons (Fsp3) is 0.125. The molecule has 0 spiro atoms. The summed E-state index contributed by atoms with van der Waals surface area (Å²) in [6.45, 7) is 1.72. The number of aromatic carboxylic acids is 1. The van der Waals surface area contributed by atoms with Gasteiger partial charge < -0.3 is 20.0 Å². The van der Waals surface area contributed by atoms with Gasteiger partial charge in [0.25, 0.3) is 5.91 Å². The number of rotatable bonds is 5. The summed E-state index contributed by atoms with van der Waals surface area (Å²) < 4.78 is 5.35. The SMILES string of the molecule is Cc1cccc(OCC(=O)Nc2ccccc2C(=O)[O-])c1. The predicted octanol–water partition coefficient (Wildman–Crippen LogP) is 1.38. The second-order valence-electron chi connectivity index (χ2n) is 4.49. The van der Waals surface area contributed by atoms with Crippen molar-refractivity contribution in [2.75, 3.05) is 11.9 Å². The number of carbonyl (C=O) groups excluding carboxylic acids is 2. The van der Waals surface area contributed by atoms with Gasteiger partial charge in [-0.05, 0) is 30.7 Å². The van der Waals surface area contributed by atoms with E-state index in [4.69, 9.17) is 4.74 Å². The summed E-state index contributed by atoms with van der Waals surface area (Å²) in [4.78, 5) is 22.7. The van der Waals surface area contributed by atoms with E-state index in [1.165, 1.54) is 12.1 Å². The van der Waals surface area contributed by atoms with Crippen LogP contribution < -0.4 is 15.2 Å². The molecule has 0 bridgehead atoms. The maximum absolute atomic E-state index is 11.8. The van der Waals surface area contributed by atoms with Gasteiger partial charge in [-0.15, -0.1) is 0 Å². The van der Waals surface area contributed by atoms with Gasteiger partial charge in [0, 0.05) is 11.3 Å². The molecule has 5 nitrogen and oxygen atoms in total. The summed E-state index contributed by atoms with van der Waals surface area (Å²) in [7, 11) is 0. The Hall–Kier alpha value is -2.82. The van der Waals surface area contributed by atoms with Crippen LogP contribution in [0.2, 0.25) is 0 Å². The monoisotopic (exact) mass is 284 g/mol. The van der Waals surface area contributed by atoms with Crippen LogP contribution in [0.25, 0.3) is 0 Å². The lowest BCUT2D eigenvalue weighted by Crippen LogP contribution is -2.26. The van der Waals surface area contributed by atoms with E-state index in [0.29, 0.717) is 5.75 Å². The van der Waals surface area contributed by atoms with E-state index in [2.05, 4.69) is 5.32 Å². The highest BCUT2D eigenvalue weighted by Gasteiger charge is 2.08. The number of anilines is 1. The molecule has 0 aliphatic carbocycles. The fourth-order valence-electron chi connectivity index (χ4n) is 1.81. The van der Waals surface area contributed by atoms with Crippen molar-refractivity contribution < 1.29 is 19.4 Å². The van der Waals surface area contributed by atoms with Crippen LogP contribution in [-0.4, -0.2) is 18.5 Å². The first-order chi connectivity index (χ1) is 10.1. The molecule has 0 aliphatic heterocycles. The van der Waals surface area contributed by atoms with Crippen LogP contribution in [0.3, 0.4) is 0 Å². The lowest BCUT2D eigenvalue weighted by molar-refractivity contribution is -0.254. The van der Waals surface area contributed by atoms with Crippen LogP contribution in [-0.2, 0) is 4.79 Å². The minimum atomic E-state index is -1.34. The maximum Gasteiger partial charge on any atom is 0.262 e. The highest BCUT2D eigenvalue weighted by Crippen LogP contribution is 2.15. The number of hydrogen-bond donors (Lipinski definition) is 1. The van der Waals surface area contributed by atoms with Crippen molar-refractivity contribution in [3.05, 3.63) is 59.7 Å². The molecule has 0 saturated carbocycles. The Balaban J connectivity index is 1.98. The zero-order valence-electron chi connectivity index (χ0n) is 11.5. The van der Waals surface area contributed by atoms with Crippen LogP contribution in [0.15, 0.2) is 48.5 Å². The molecular weight excluding hydrogens is 270 g/mol. The molecule has 1 amide bonds. The highest BCUT2D eigenvalue weighted by atomic mass is 16.5. The van der Waals surface area contributed by atoms with E-state index in [0.717, 1.165) is 5.56 Å². The number of nitrogens with one attached hydrogen (secondary N) is 1. The van der Waals surface area contributed by atoms with Crippen molar-refractivity contribution in [3.63, 3.8) is 0 Å². The van der Waals surface area contributed by atoms with Crippen molar-refractivity contribution in [3.8, 4) is 5.75 Å². The molecule has 2 rings (SSSR count). The number of benzene rings is 2. The van der Waals surface area contributed by atoms with E-state index in [1.54, 1.807) is 18.2 Å². The van der Waals surface area contributed by atoms with E-state index in [9.17, 15) is 14.7 Å². The summed E-state index contributed by atoms with van der Waals surface area (Å²) in [6.07, 6.45) is 0. The lowest BCUT2D eigenvalue weighted by atomic mass is 10.2. The molecule has 0 fully saturated rings. The lowest BCUT2D eigenvalue weighted by Gasteiger charge is -2.12. The van der Waals surface area contributed by atoms with Crippen molar-refractivity contribution in [1.29, 1.82) is 0 Å². The molecule has 5 heteroatoms. The third-order valence-corrected chi connectivity index (χ3v) is 2.78. The zero-order chi connectivity index (χ0) is 15.2. The molecule has 0 atom stereocenters. The third-order valence-electron chi connectivity index (χ3n) is 2.78. The van der Waals surface area contributed by atoms with Crippen LogP contribution in [0, 0.1) is 6.92 Å². The Labute approximate surface area is 122 Å². The molecule has 0 heterocycles. The Morgan fingerprint density at radius 1 is 1.14 bits per heavy atom. The summed E-state index contributed by atoms with van der Waals surface area (Å²) in [6, 6.07) is 13.4. The van der Waals surface area contributed by atoms with Crippen LogP contribution in [0.5, 0.6) is 5.75 Å². The van der Waals surface area contributed by atoms with E-state index < -0.39 is 11.9 Å². The zero-order valence-corrected chi connectivity index (χ0v) is 11.5. The first-order valence-electron chi connectivity index (χ1n) is 6.36. The summed E-state index contributed by atoms with van der Waals surface area (Å²) >= 11 is 0. The van der Waals surface area contributed by atoms with Crippen LogP contribution >= 0.6 is 0 Å². The minimum absolute atomic E-state index is 0.0681. The molecule has 0 saturated heterocycles. The van der Waals surface area contributed by atoms with Gasteiger partial charge in [0.15, 0.2) is 6.61 Å². The molecule has 0 aromatic heterocycles. The Bertz CT molecular complexity index is 667. The summed E-state index contributed by atoms with van der Waals surface area (Å²) in [5.74, 6) is -1.20. The highest BCUT2D eigenvalue weighted by molar-refractivity contribution is 6.00. The number of carboxylic acid groups (broad SMARTS) is 1. The smallest absolute Gasteiger partial charge is 0.262 e. The number of carboxylic acids is 1. The fourth-order valence-corrected chi connectivity index (χ4v) is 1.81. The second-order valence-corrected chi connectivity index (χ2v) is 4.49. The Kier molecular flexibility index (Phi) is 4.56. The molecule has 2 aromatic rings. The van der Waals surface area contributed by atoms with Gasteiger partial charge in [0.05, 0.1) is 5.97 Å². The van der Waals surface area contributed by atoms with Gasteiger partial charge in [-0.25, -0.2) is 0 Å². The van der Waals surface area contributed by atoms with Crippen molar-refractivity contribution in [2.24, 2.45) is 0 Å². The average Bonchev–Trinajstić information content (AvgIpc) is 2.45. The summed E-state index contributed by atoms with van der Waals surface area (Å²) in [5.41, 5.74) is 1.15. The number of amides is 1. The maximum atomic E-state index is 11.8.